The molecule has 0 aromatic heterocycles. The number of unbranched alkanes of at least 4 members (excludes halogenated alkanes) is 12. The summed E-state index contributed by atoms with van der Waals surface area (Å²) < 4.78 is 38.3. The van der Waals surface area contributed by atoms with Crippen LogP contribution in [0, 0.1) is 0 Å². The largest absolute Gasteiger partial charge is 0.497 e. The Hall–Kier alpha value is -5.30. The molecule has 0 saturated carbocycles. The van der Waals surface area contributed by atoms with Crippen molar-refractivity contribution < 1.29 is 37.7 Å². The summed E-state index contributed by atoms with van der Waals surface area (Å²) in [7, 11) is 0.353. The van der Waals surface area contributed by atoms with Crippen LogP contribution in [0.4, 0.5) is 0 Å². The van der Waals surface area contributed by atoms with Gasteiger partial charge in [-0.2, -0.15) is 0 Å². The van der Waals surface area contributed by atoms with Crippen LogP contribution in [0.1, 0.15) is 141 Å². The maximum Gasteiger partial charge on any atom is 0.261 e. The predicted molar refractivity (Wildman–Crippen MR) is 306 cm³/mol. The highest BCUT2D eigenvalue weighted by Crippen LogP contribution is 2.45. The van der Waals surface area contributed by atoms with Crippen LogP contribution in [-0.4, -0.2) is 97.5 Å². The number of likely N-dealkylation sites (tertiary alicyclic amines) is 1. The highest BCUT2D eigenvalue weighted by molar-refractivity contribution is 6.99. The Kier molecular flexibility index (Phi) is 24.4. The van der Waals surface area contributed by atoms with Crippen LogP contribution in [-0.2, 0) is 33.8 Å². The highest BCUT2D eigenvalue weighted by atomic mass is 28.4. The zero-order valence-electron chi connectivity index (χ0n) is 46.2. The molecule has 5 aromatic rings. The molecule has 2 atom stereocenters. The molecule has 0 bridgehead atoms. The van der Waals surface area contributed by atoms with Gasteiger partial charge in [-0.3, -0.25) is 9.59 Å². The summed E-state index contributed by atoms with van der Waals surface area (Å²) in [6.07, 6.45) is 17.3. The predicted octanol–water partition coefficient (Wildman–Crippen LogP) is 12.2. The summed E-state index contributed by atoms with van der Waals surface area (Å²) in [6.45, 7) is 10.9. The van der Waals surface area contributed by atoms with E-state index in [0.717, 1.165) is 41.0 Å². The first-order valence-corrected chi connectivity index (χ1v) is 30.0. The van der Waals surface area contributed by atoms with Crippen molar-refractivity contribution in [3.8, 4) is 11.5 Å². The molecule has 6 rings (SSSR count). The van der Waals surface area contributed by atoms with E-state index in [1.807, 2.05) is 59.5 Å². The van der Waals surface area contributed by atoms with Crippen LogP contribution in [0.5, 0.6) is 11.5 Å². The molecular formula is C64H88N2O8Si. The van der Waals surface area contributed by atoms with Crippen LogP contribution < -0.4 is 25.2 Å². The number of hydrogen-bond acceptors (Lipinski definition) is 8. The highest BCUT2D eigenvalue weighted by Gasteiger charge is 2.52. The number of ether oxygens (including phenoxy) is 5. The molecule has 1 N–H and O–H groups in total. The Balaban J connectivity index is 1.11. The van der Waals surface area contributed by atoms with Gasteiger partial charge in [0.1, 0.15) is 23.7 Å². The molecule has 0 spiro atoms. The van der Waals surface area contributed by atoms with Gasteiger partial charge in [0.2, 0.25) is 11.8 Å². The van der Waals surface area contributed by atoms with Crippen molar-refractivity contribution in [2.75, 3.05) is 60.3 Å². The first-order valence-electron chi connectivity index (χ1n) is 28.0. The van der Waals surface area contributed by atoms with Crippen LogP contribution in [0.15, 0.2) is 140 Å². The van der Waals surface area contributed by atoms with Gasteiger partial charge in [0, 0.05) is 19.5 Å². The molecule has 0 aliphatic carbocycles. The second-order valence-electron chi connectivity index (χ2n) is 21.2. The van der Waals surface area contributed by atoms with Gasteiger partial charge >= 0.3 is 0 Å². The Morgan fingerprint density at radius 3 is 1.55 bits per heavy atom. The number of rotatable bonds is 34. The van der Waals surface area contributed by atoms with Crippen molar-refractivity contribution in [3.63, 3.8) is 0 Å². The summed E-state index contributed by atoms with van der Waals surface area (Å²) in [4.78, 5) is 29.0. The van der Waals surface area contributed by atoms with Crippen molar-refractivity contribution in [2.45, 2.75) is 147 Å². The van der Waals surface area contributed by atoms with E-state index < -0.39 is 20.0 Å². The average molecular weight is 1040 g/mol. The van der Waals surface area contributed by atoms with Crippen molar-refractivity contribution in [1.29, 1.82) is 0 Å². The SMILES string of the molecule is CCCCCCCCCCCCCCCC(=O)NCCOCCOCC(=O)N1C[C@H](OC(c2ccccc2)(c2ccc(OC)cc2)c2ccc(OC)cc2)C[C@H]1CO[Si](c1ccccc1)(c1ccccc1)C(C)(C)C. The number of nitrogens with one attached hydrogen (secondary N) is 1. The maximum atomic E-state index is 14.6. The molecule has 2 amide bonds. The minimum atomic E-state index is -2.98. The molecule has 406 valence electrons. The molecule has 75 heavy (non-hydrogen) atoms. The number of methoxy groups -OCH3 is 2. The van der Waals surface area contributed by atoms with Gasteiger partial charge in [-0.05, 0) is 69.2 Å². The number of hydrogen-bond donors (Lipinski definition) is 1. The number of carbonyl (C=O) groups excluding carboxylic acids is 2. The molecule has 1 saturated heterocycles. The fraction of sp³-hybridized carbons (Fsp3) is 0.500. The van der Waals surface area contributed by atoms with E-state index in [-0.39, 0.29) is 36.1 Å². The third kappa shape index (κ3) is 16.8. The fourth-order valence-corrected chi connectivity index (χ4v) is 15.4. The topological polar surface area (TPSA) is 105 Å². The summed E-state index contributed by atoms with van der Waals surface area (Å²) in [6, 6.07) is 47.2. The van der Waals surface area contributed by atoms with Crippen molar-refractivity contribution in [1.82, 2.24) is 10.2 Å². The Labute approximate surface area is 451 Å². The monoisotopic (exact) mass is 1040 g/mol. The quantitative estimate of drug-likeness (QED) is 0.0247. The molecule has 0 unspecified atom stereocenters. The molecule has 1 aliphatic rings. The fourth-order valence-electron chi connectivity index (χ4n) is 10.8. The van der Waals surface area contributed by atoms with E-state index >= 15 is 0 Å². The lowest BCUT2D eigenvalue weighted by atomic mass is 9.79. The summed E-state index contributed by atoms with van der Waals surface area (Å²) in [5.41, 5.74) is 1.71. The number of nitrogens with zero attached hydrogens (tertiary/aromatic N) is 1. The van der Waals surface area contributed by atoms with Gasteiger partial charge in [0.25, 0.3) is 8.32 Å². The number of amides is 2. The van der Waals surface area contributed by atoms with Gasteiger partial charge in [0.05, 0.1) is 52.8 Å². The van der Waals surface area contributed by atoms with Crippen molar-refractivity contribution >= 4 is 30.5 Å². The minimum absolute atomic E-state index is 0.0684. The van der Waals surface area contributed by atoms with Crippen molar-refractivity contribution in [2.24, 2.45) is 0 Å². The Bertz CT molecular complexity index is 2280. The molecule has 5 aromatic carbocycles. The van der Waals surface area contributed by atoms with Gasteiger partial charge in [-0.15, -0.1) is 0 Å². The van der Waals surface area contributed by atoms with Gasteiger partial charge in [-0.1, -0.05) is 220 Å². The zero-order chi connectivity index (χ0) is 53.2. The number of benzene rings is 5. The van der Waals surface area contributed by atoms with Crippen LogP contribution >= 0.6 is 0 Å². The molecule has 1 aliphatic heterocycles. The molecule has 0 radical (unpaired) electrons. The molecule has 10 nitrogen and oxygen atoms in total. The van der Waals surface area contributed by atoms with E-state index in [9.17, 15) is 9.59 Å². The lowest BCUT2D eigenvalue weighted by Crippen LogP contribution is -2.67. The molecule has 1 fully saturated rings. The number of carbonyl (C=O) groups is 2. The third-order valence-electron chi connectivity index (χ3n) is 14.8. The van der Waals surface area contributed by atoms with E-state index in [2.05, 4.69) is 118 Å². The summed E-state index contributed by atoms with van der Waals surface area (Å²) >= 11 is 0. The van der Waals surface area contributed by atoms with E-state index in [1.54, 1.807) is 14.2 Å². The van der Waals surface area contributed by atoms with Gasteiger partial charge in [0.15, 0.2) is 0 Å². The first kappa shape index (κ1) is 58.9. The molecule has 11 heteroatoms. The normalized spacial score (nSPS) is 15.0. The van der Waals surface area contributed by atoms with Crippen LogP contribution in [0.3, 0.4) is 0 Å². The van der Waals surface area contributed by atoms with Crippen LogP contribution in [0.25, 0.3) is 0 Å². The Morgan fingerprint density at radius 2 is 1.05 bits per heavy atom. The van der Waals surface area contributed by atoms with E-state index in [1.165, 1.54) is 81.0 Å². The maximum absolute atomic E-state index is 14.6. The smallest absolute Gasteiger partial charge is 0.261 e. The second-order valence-corrected chi connectivity index (χ2v) is 25.5. The third-order valence-corrected chi connectivity index (χ3v) is 19.8. The minimum Gasteiger partial charge on any atom is -0.497 e. The second kappa shape index (κ2) is 31.0. The first-order chi connectivity index (χ1) is 36.5. The summed E-state index contributed by atoms with van der Waals surface area (Å²) in [5, 5.41) is 5.08. The zero-order valence-corrected chi connectivity index (χ0v) is 47.2. The van der Waals surface area contributed by atoms with Crippen molar-refractivity contribution in [3.05, 3.63) is 156 Å². The van der Waals surface area contributed by atoms with Gasteiger partial charge in [-0.25, -0.2) is 0 Å². The Morgan fingerprint density at radius 1 is 0.587 bits per heavy atom. The lowest BCUT2D eigenvalue weighted by Gasteiger charge is -2.44. The van der Waals surface area contributed by atoms with Gasteiger partial charge < -0.3 is 38.3 Å². The molecular weight excluding hydrogens is 953 g/mol. The van der Waals surface area contributed by atoms with Crippen LogP contribution in [0.2, 0.25) is 5.04 Å². The van der Waals surface area contributed by atoms with E-state index in [4.69, 9.17) is 28.1 Å². The molecule has 1 heterocycles. The average Bonchev–Trinajstić information content (AvgIpc) is 3.86. The summed E-state index contributed by atoms with van der Waals surface area (Å²) in [5.74, 6) is 1.40. The van der Waals surface area contributed by atoms with E-state index in [0.29, 0.717) is 45.8 Å². The lowest BCUT2D eigenvalue weighted by molar-refractivity contribution is -0.139. The standard InChI is InChI=1S/C64H88N2O8Si/c1-7-8-9-10-11-12-13-14-15-16-17-18-28-35-61(67)65-44-45-71-46-47-72-51-62(68)66-49-58(48-55(66)50-73-75(63(2,3)4,59-31-24-20-25-32-59)60-33-26-21-27-34-60)74-64(52-29-22-19-23-30-52,53-36-40-56(69-5)41-37-53)54-38-42-57(70-6)43-39-54/h19-27,29-34,36-43,55,58H,7-18,28,35,44-51H2,1-6H3,(H,65,67)/t55-,58+/m0/s1.